The second kappa shape index (κ2) is 7.83. The molecule has 4 rings (SSSR count). The molecule has 1 N–H and O–H groups in total. The van der Waals surface area contributed by atoms with Crippen molar-refractivity contribution in [2.24, 2.45) is 5.41 Å². The summed E-state index contributed by atoms with van der Waals surface area (Å²) in [7, 11) is -3.74. The summed E-state index contributed by atoms with van der Waals surface area (Å²) in [5.74, 6) is -0.491. The predicted octanol–water partition coefficient (Wildman–Crippen LogP) is 3.75. The zero-order chi connectivity index (χ0) is 20.6. The maximum atomic E-state index is 12.9. The molecule has 0 radical (unpaired) electrons. The summed E-state index contributed by atoms with van der Waals surface area (Å²) in [5.41, 5.74) is -0.350. The van der Waals surface area contributed by atoms with Gasteiger partial charge in [0.25, 0.3) is 0 Å². The highest BCUT2D eigenvalue weighted by Crippen LogP contribution is 2.48. The van der Waals surface area contributed by atoms with Gasteiger partial charge in [0.1, 0.15) is 0 Å². The lowest BCUT2D eigenvalue weighted by Crippen LogP contribution is -2.34. The molecule has 0 unspecified atom stereocenters. The lowest BCUT2D eigenvalue weighted by atomic mass is 9.84. The first-order chi connectivity index (χ1) is 13.8. The minimum absolute atomic E-state index is 0.00658. The lowest BCUT2D eigenvalue weighted by Gasteiger charge is -2.21. The molecule has 1 aromatic heterocycles. The molecule has 29 heavy (non-hydrogen) atoms. The smallest absolute Gasteiger partial charge is 0.240 e. The van der Waals surface area contributed by atoms with Crippen molar-refractivity contribution in [3.63, 3.8) is 0 Å². The maximum Gasteiger partial charge on any atom is 0.240 e. The molecule has 1 aliphatic heterocycles. The van der Waals surface area contributed by atoms with Crippen LogP contribution >= 0.6 is 22.9 Å². The van der Waals surface area contributed by atoms with E-state index in [0.29, 0.717) is 19.3 Å². The van der Waals surface area contributed by atoms with E-state index >= 15 is 0 Å². The summed E-state index contributed by atoms with van der Waals surface area (Å²) in [6, 6.07) is 7.99. The number of carbonyl (C=O) groups excluding carboxylic acids is 2. The molecule has 1 aliphatic carbocycles. The number of thiophene rings is 1. The number of hydrogen-bond donors (Lipinski definition) is 1. The second-order valence-corrected chi connectivity index (χ2v) is 10.7. The van der Waals surface area contributed by atoms with E-state index < -0.39 is 15.4 Å². The zero-order valence-corrected chi connectivity index (χ0v) is 18.1. The highest BCUT2D eigenvalue weighted by Gasteiger charge is 2.53. The molecule has 1 aromatic carbocycles. The van der Waals surface area contributed by atoms with Crippen LogP contribution in [0.3, 0.4) is 0 Å². The number of nitrogens with zero attached hydrogens (tertiary/aromatic N) is 1. The summed E-state index contributed by atoms with van der Waals surface area (Å²) in [4.78, 5) is 27.7. The quantitative estimate of drug-likeness (QED) is 0.676. The van der Waals surface area contributed by atoms with Crippen LogP contribution in [0.15, 0.2) is 40.6 Å². The first-order valence-electron chi connectivity index (χ1n) is 9.51. The van der Waals surface area contributed by atoms with E-state index in [2.05, 4.69) is 4.72 Å². The number of imide groups is 1. The first-order valence-corrected chi connectivity index (χ1v) is 12.3. The van der Waals surface area contributed by atoms with Crippen LogP contribution in [0.1, 0.15) is 37.0 Å². The van der Waals surface area contributed by atoms with E-state index in [1.54, 1.807) is 11.3 Å². The van der Waals surface area contributed by atoms with Gasteiger partial charge in [-0.3, -0.25) is 9.59 Å². The maximum absolute atomic E-state index is 12.9. The van der Waals surface area contributed by atoms with Gasteiger partial charge in [0.15, 0.2) is 0 Å². The molecule has 2 aromatic rings. The molecule has 1 spiro atoms. The molecular weight excluding hydrogens is 432 g/mol. The summed E-state index contributed by atoms with van der Waals surface area (Å²) in [6.07, 6.45) is 4.11. The molecule has 9 heteroatoms. The fourth-order valence-electron chi connectivity index (χ4n) is 4.16. The minimum Gasteiger partial charge on any atom is -0.274 e. The van der Waals surface area contributed by atoms with Crippen molar-refractivity contribution in [1.82, 2.24) is 4.72 Å². The fraction of sp³-hybridized carbons (Fsp3) is 0.400. The van der Waals surface area contributed by atoms with Crippen LogP contribution in [-0.2, 0) is 26.0 Å². The van der Waals surface area contributed by atoms with Crippen molar-refractivity contribution in [2.45, 2.75) is 43.4 Å². The summed E-state index contributed by atoms with van der Waals surface area (Å²) in [5, 5.41) is 2.02. The SMILES string of the molecule is O=C1CC2(CCCC2)C(=O)N1c1ccc(S(=O)(=O)NCCc2cccs2)cc1Cl. The summed E-state index contributed by atoms with van der Waals surface area (Å²) >= 11 is 7.89. The van der Waals surface area contributed by atoms with E-state index in [1.807, 2.05) is 17.5 Å². The number of halogens is 1. The molecule has 6 nitrogen and oxygen atoms in total. The number of sulfonamides is 1. The third-order valence-corrected chi connectivity index (χ3v) is 8.37. The number of anilines is 1. The van der Waals surface area contributed by atoms with Gasteiger partial charge in [0.05, 0.1) is 21.0 Å². The van der Waals surface area contributed by atoms with Gasteiger partial charge < -0.3 is 0 Å². The van der Waals surface area contributed by atoms with E-state index in [-0.39, 0.29) is 40.4 Å². The highest BCUT2D eigenvalue weighted by molar-refractivity contribution is 7.89. The van der Waals surface area contributed by atoms with E-state index in [1.165, 1.54) is 18.2 Å². The fourth-order valence-corrected chi connectivity index (χ4v) is 6.26. The Bertz CT molecular complexity index is 1040. The third kappa shape index (κ3) is 3.86. The van der Waals surface area contributed by atoms with E-state index in [9.17, 15) is 18.0 Å². The van der Waals surface area contributed by atoms with Crippen LogP contribution in [-0.4, -0.2) is 26.8 Å². The second-order valence-electron chi connectivity index (χ2n) is 7.54. The molecule has 2 fully saturated rings. The van der Waals surface area contributed by atoms with Gasteiger partial charge in [0.2, 0.25) is 21.8 Å². The normalized spacial score (nSPS) is 18.9. The van der Waals surface area contributed by atoms with Gasteiger partial charge >= 0.3 is 0 Å². The van der Waals surface area contributed by atoms with Gasteiger partial charge in [0, 0.05) is 17.8 Å². The van der Waals surface area contributed by atoms with Crippen LogP contribution in [0.5, 0.6) is 0 Å². The Morgan fingerprint density at radius 1 is 1.17 bits per heavy atom. The van der Waals surface area contributed by atoms with Crippen molar-refractivity contribution in [1.29, 1.82) is 0 Å². The largest absolute Gasteiger partial charge is 0.274 e. The zero-order valence-electron chi connectivity index (χ0n) is 15.7. The number of amides is 2. The van der Waals surface area contributed by atoms with Crippen LogP contribution in [0.4, 0.5) is 5.69 Å². The standard InChI is InChI=1S/C20H21ClN2O4S2/c21-16-12-15(29(26,27)22-10-7-14-4-3-11-28-14)5-6-17(16)23-18(24)13-20(19(23)25)8-1-2-9-20/h3-6,11-12,22H,1-2,7-10,13H2. The number of rotatable bonds is 6. The summed E-state index contributed by atoms with van der Waals surface area (Å²) in [6.45, 7) is 0.272. The number of carbonyl (C=O) groups is 2. The lowest BCUT2D eigenvalue weighted by molar-refractivity contribution is -0.125. The Labute approximate surface area is 178 Å². The summed E-state index contributed by atoms with van der Waals surface area (Å²) < 4.78 is 27.7. The van der Waals surface area contributed by atoms with Crippen LogP contribution in [0, 0.1) is 5.41 Å². The van der Waals surface area contributed by atoms with E-state index in [4.69, 9.17) is 11.6 Å². The Balaban J connectivity index is 1.52. The Morgan fingerprint density at radius 3 is 2.59 bits per heavy atom. The average molecular weight is 453 g/mol. The van der Waals surface area contributed by atoms with E-state index in [0.717, 1.165) is 22.6 Å². The molecule has 1 saturated heterocycles. The predicted molar refractivity (Wildman–Crippen MR) is 113 cm³/mol. The van der Waals surface area contributed by atoms with Crippen molar-refractivity contribution in [3.8, 4) is 0 Å². The Hall–Kier alpha value is -1.74. The average Bonchev–Trinajstić information content (AvgIpc) is 3.39. The monoisotopic (exact) mass is 452 g/mol. The van der Waals surface area contributed by atoms with Crippen molar-refractivity contribution in [2.75, 3.05) is 11.4 Å². The van der Waals surface area contributed by atoms with Gasteiger partial charge in [-0.15, -0.1) is 11.3 Å². The van der Waals surface area contributed by atoms with Crippen molar-refractivity contribution < 1.29 is 18.0 Å². The molecule has 2 heterocycles. The topological polar surface area (TPSA) is 83.6 Å². The molecule has 154 valence electrons. The van der Waals surface area contributed by atoms with Crippen LogP contribution < -0.4 is 9.62 Å². The van der Waals surface area contributed by atoms with Crippen molar-refractivity contribution >= 4 is 50.5 Å². The van der Waals surface area contributed by atoms with Crippen LogP contribution in [0.2, 0.25) is 5.02 Å². The number of nitrogens with one attached hydrogen (secondary N) is 1. The van der Waals surface area contributed by atoms with Crippen LogP contribution in [0.25, 0.3) is 0 Å². The first kappa shape index (κ1) is 20.5. The van der Waals surface area contributed by atoms with Gasteiger partial charge in [-0.1, -0.05) is 30.5 Å². The minimum atomic E-state index is -3.74. The highest BCUT2D eigenvalue weighted by atomic mass is 35.5. The number of benzene rings is 1. The Morgan fingerprint density at radius 2 is 1.93 bits per heavy atom. The Kier molecular flexibility index (Phi) is 5.54. The molecule has 2 aliphatic rings. The molecule has 1 saturated carbocycles. The number of hydrogen-bond acceptors (Lipinski definition) is 5. The molecule has 2 amide bonds. The van der Waals surface area contributed by atoms with Gasteiger partial charge in [-0.2, -0.15) is 0 Å². The third-order valence-electron chi connectivity index (χ3n) is 5.67. The van der Waals surface area contributed by atoms with Crippen molar-refractivity contribution in [3.05, 3.63) is 45.6 Å². The van der Waals surface area contributed by atoms with Gasteiger partial charge in [-0.25, -0.2) is 18.0 Å². The molecular formula is C20H21ClN2O4S2. The van der Waals surface area contributed by atoms with Gasteiger partial charge in [-0.05, 0) is 48.9 Å². The molecule has 0 bridgehead atoms. The molecule has 0 atom stereocenters.